The van der Waals surface area contributed by atoms with Crippen LogP contribution >= 0.6 is 0 Å². The first-order chi connectivity index (χ1) is 6.72. The summed E-state index contributed by atoms with van der Waals surface area (Å²) in [6, 6.07) is 5.58. The number of hydrogen-bond acceptors (Lipinski definition) is 3. The van der Waals surface area contributed by atoms with Crippen LogP contribution < -0.4 is 0 Å². The predicted molar refractivity (Wildman–Crippen MR) is 50.2 cm³/mol. The predicted octanol–water partition coefficient (Wildman–Crippen LogP) is 1.14. The molecule has 0 unspecified atom stereocenters. The first-order valence-corrected chi connectivity index (χ1v) is 4.43. The zero-order chi connectivity index (χ0) is 10.1. The molecule has 0 fully saturated rings. The van der Waals surface area contributed by atoms with Crippen LogP contribution in [0.4, 0.5) is 0 Å². The summed E-state index contributed by atoms with van der Waals surface area (Å²) in [7, 11) is 1.35. The second kappa shape index (κ2) is 3.25. The molecule has 0 aliphatic heterocycles. The number of rotatable bonds is 2. The van der Waals surface area contributed by atoms with E-state index >= 15 is 0 Å². The van der Waals surface area contributed by atoms with Crippen molar-refractivity contribution in [2.75, 3.05) is 7.11 Å². The third-order valence-electron chi connectivity index (χ3n) is 2.43. The Labute approximate surface area is 81.7 Å². The van der Waals surface area contributed by atoms with Crippen LogP contribution in [-0.2, 0) is 22.4 Å². The molecule has 2 rings (SSSR count). The summed E-state index contributed by atoms with van der Waals surface area (Å²) in [4.78, 5) is 22.3. The molecule has 1 aliphatic carbocycles. The van der Waals surface area contributed by atoms with Gasteiger partial charge < -0.3 is 4.74 Å². The molecule has 3 nitrogen and oxygen atoms in total. The Hall–Kier alpha value is -1.64. The van der Waals surface area contributed by atoms with Crippen LogP contribution in [0.15, 0.2) is 18.2 Å². The fraction of sp³-hybridized carbons (Fsp3) is 0.273. The molecule has 0 amide bonds. The number of Topliss-reactive ketones (excluding diaryl/α,β-unsaturated/α-hetero) is 1. The molecular weight excluding hydrogens is 180 g/mol. The van der Waals surface area contributed by atoms with Crippen molar-refractivity contribution in [2.45, 2.75) is 12.8 Å². The monoisotopic (exact) mass is 190 g/mol. The van der Waals surface area contributed by atoms with E-state index in [2.05, 4.69) is 4.74 Å². The fourth-order valence-corrected chi connectivity index (χ4v) is 1.69. The number of ketones is 1. The van der Waals surface area contributed by atoms with Gasteiger partial charge in [0.15, 0.2) is 5.78 Å². The van der Waals surface area contributed by atoms with E-state index in [1.165, 1.54) is 7.11 Å². The van der Waals surface area contributed by atoms with Crippen molar-refractivity contribution in [3.63, 3.8) is 0 Å². The number of carbonyl (C=O) groups excluding carboxylic acids is 2. The maximum atomic E-state index is 11.3. The van der Waals surface area contributed by atoms with Crippen LogP contribution in [0.1, 0.15) is 21.5 Å². The summed E-state index contributed by atoms with van der Waals surface area (Å²) in [5, 5.41) is 0. The van der Waals surface area contributed by atoms with Gasteiger partial charge >= 0.3 is 5.97 Å². The highest BCUT2D eigenvalue weighted by Crippen LogP contribution is 2.26. The minimum Gasteiger partial charge on any atom is -0.469 e. The smallest absolute Gasteiger partial charge is 0.310 e. The number of esters is 1. The van der Waals surface area contributed by atoms with E-state index in [0.717, 1.165) is 16.7 Å². The van der Waals surface area contributed by atoms with Gasteiger partial charge in [-0.2, -0.15) is 0 Å². The quantitative estimate of drug-likeness (QED) is 0.657. The van der Waals surface area contributed by atoms with E-state index in [-0.39, 0.29) is 18.2 Å². The first-order valence-electron chi connectivity index (χ1n) is 4.43. The summed E-state index contributed by atoms with van der Waals surface area (Å²) < 4.78 is 4.56. The number of ether oxygens (including phenoxy) is 1. The second-order valence-corrected chi connectivity index (χ2v) is 3.30. The average molecular weight is 190 g/mol. The van der Waals surface area contributed by atoms with Crippen LogP contribution in [0.25, 0.3) is 0 Å². The van der Waals surface area contributed by atoms with Crippen LogP contribution in [0.5, 0.6) is 0 Å². The van der Waals surface area contributed by atoms with Crippen LogP contribution in [0, 0.1) is 0 Å². The Kier molecular flexibility index (Phi) is 2.08. The van der Waals surface area contributed by atoms with Crippen LogP contribution in [-0.4, -0.2) is 18.9 Å². The molecule has 0 bridgehead atoms. The van der Waals surface area contributed by atoms with Gasteiger partial charge in [-0.05, 0) is 11.1 Å². The van der Waals surface area contributed by atoms with Gasteiger partial charge in [-0.1, -0.05) is 18.2 Å². The van der Waals surface area contributed by atoms with Gasteiger partial charge in [0.25, 0.3) is 0 Å². The minimum absolute atomic E-state index is 0.125. The zero-order valence-electron chi connectivity index (χ0n) is 7.87. The van der Waals surface area contributed by atoms with E-state index < -0.39 is 0 Å². The molecule has 0 saturated carbocycles. The molecule has 0 radical (unpaired) electrons. The summed E-state index contributed by atoms with van der Waals surface area (Å²) in [5.74, 6) is -0.183. The number of carbonyl (C=O) groups is 2. The van der Waals surface area contributed by atoms with Gasteiger partial charge in [0.05, 0.1) is 13.5 Å². The minimum atomic E-state index is -0.307. The largest absolute Gasteiger partial charge is 0.469 e. The van der Waals surface area contributed by atoms with Crippen LogP contribution in [0.2, 0.25) is 0 Å². The molecule has 0 aromatic heterocycles. The molecule has 0 saturated heterocycles. The van der Waals surface area contributed by atoms with Crippen molar-refractivity contribution in [3.05, 3.63) is 34.9 Å². The van der Waals surface area contributed by atoms with Crippen molar-refractivity contribution in [2.24, 2.45) is 0 Å². The molecule has 72 valence electrons. The Morgan fingerprint density at radius 1 is 1.50 bits per heavy atom. The van der Waals surface area contributed by atoms with Gasteiger partial charge in [0, 0.05) is 12.0 Å². The summed E-state index contributed by atoms with van der Waals surface area (Å²) in [6.07, 6.45) is 0.690. The average Bonchev–Trinajstić information content (AvgIpc) is 2.15. The molecule has 0 atom stereocenters. The molecule has 1 aromatic carbocycles. The van der Waals surface area contributed by atoms with Crippen molar-refractivity contribution < 1.29 is 14.3 Å². The van der Waals surface area contributed by atoms with Crippen molar-refractivity contribution in [1.82, 2.24) is 0 Å². The molecule has 0 heterocycles. The third kappa shape index (κ3) is 1.31. The second-order valence-electron chi connectivity index (χ2n) is 3.30. The highest BCUT2D eigenvalue weighted by molar-refractivity contribution is 6.08. The SMILES string of the molecule is COC(=O)Cc1cccc2c1C(=O)C2. The topological polar surface area (TPSA) is 43.4 Å². The lowest BCUT2D eigenvalue weighted by Crippen LogP contribution is -2.22. The van der Waals surface area contributed by atoms with E-state index in [9.17, 15) is 9.59 Å². The third-order valence-corrected chi connectivity index (χ3v) is 2.43. The molecule has 0 spiro atoms. The maximum Gasteiger partial charge on any atom is 0.310 e. The molecule has 1 aliphatic rings. The zero-order valence-corrected chi connectivity index (χ0v) is 7.87. The van der Waals surface area contributed by atoms with Crippen molar-refractivity contribution in [3.8, 4) is 0 Å². The fourth-order valence-electron chi connectivity index (χ4n) is 1.69. The summed E-state index contributed by atoms with van der Waals surface area (Å²) >= 11 is 0. The standard InChI is InChI=1S/C11H10O3/c1-14-10(13)6-8-4-2-3-7-5-9(12)11(7)8/h2-4H,5-6H2,1H3. The van der Waals surface area contributed by atoms with Gasteiger partial charge in [-0.15, -0.1) is 0 Å². The lowest BCUT2D eigenvalue weighted by Gasteiger charge is -2.20. The van der Waals surface area contributed by atoms with Gasteiger partial charge in [-0.3, -0.25) is 9.59 Å². The van der Waals surface area contributed by atoms with E-state index in [0.29, 0.717) is 6.42 Å². The van der Waals surface area contributed by atoms with Crippen molar-refractivity contribution >= 4 is 11.8 Å². The van der Waals surface area contributed by atoms with Gasteiger partial charge in [-0.25, -0.2) is 0 Å². The van der Waals surface area contributed by atoms with E-state index in [1.54, 1.807) is 6.07 Å². The van der Waals surface area contributed by atoms with Gasteiger partial charge in [0.1, 0.15) is 0 Å². The Balaban J connectivity index is 2.31. The Morgan fingerprint density at radius 2 is 2.29 bits per heavy atom. The molecular formula is C11H10O3. The highest BCUT2D eigenvalue weighted by Gasteiger charge is 2.26. The Bertz CT molecular complexity index is 407. The molecule has 1 aromatic rings. The molecule has 0 N–H and O–H groups in total. The highest BCUT2D eigenvalue weighted by atomic mass is 16.5. The van der Waals surface area contributed by atoms with Crippen molar-refractivity contribution in [1.29, 1.82) is 0 Å². The number of methoxy groups -OCH3 is 1. The van der Waals surface area contributed by atoms with E-state index in [1.807, 2.05) is 12.1 Å². The number of fused-ring (bicyclic) bond motifs is 1. The lowest BCUT2D eigenvalue weighted by atomic mass is 9.82. The molecule has 14 heavy (non-hydrogen) atoms. The van der Waals surface area contributed by atoms with Crippen LogP contribution in [0.3, 0.4) is 0 Å². The Morgan fingerprint density at radius 3 is 2.93 bits per heavy atom. The molecule has 3 heteroatoms. The van der Waals surface area contributed by atoms with E-state index in [4.69, 9.17) is 0 Å². The maximum absolute atomic E-state index is 11.3. The summed E-state index contributed by atoms with van der Waals surface area (Å²) in [5.41, 5.74) is 2.54. The normalized spacial score (nSPS) is 13.1. The lowest BCUT2D eigenvalue weighted by molar-refractivity contribution is -0.139. The van der Waals surface area contributed by atoms with Gasteiger partial charge in [0.2, 0.25) is 0 Å². The number of hydrogen-bond donors (Lipinski definition) is 0. The first kappa shape index (κ1) is 8.94. The summed E-state index contributed by atoms with van der Waals surface area (Å²) in [6.45, 7) is 0. The number of benzene rings is 1.